The van der Waals surface area contributed by atoms with Crippen molar-refractivity contribution in [1.29, 1.82) is 0 Å². The number of rotatable bonds is 9. The molecule has 0 aliphatic carbocycles. The van der Waals surface area contributed by atoms with E-state index in [9.17, 15) is 0 Å². The zero-order valence-electron chi connectivity index (χ0n) is 12.6. The molecule has 0 aliphatic rings. The maximum atomic E-state index is 8.88. The van der Waals surface area contributed by atoms with Gasteiger partial charge in [-0.1, -0.05) is 63.6 Å². The van der Waals surface area contributed by atoms with Crippen LogP contribution in [0.25, 0.3) is 0 Å². The predicted molar refractivity (Wildman–Crippen MR) is 91.3 cm³/mol. The van der Waals surface area contributed by atoms with E-state index >= 15 is 0 Å². The van der Waals surface area contributed by atoms with E-state index in [1.54, 1.807) is 0 Å². The van der Waals surface area contributed by atoms with Gasteiger partial charge in [0.25, 0.3) is 0 Å². The number of hydrogen-bond acceptors (Lipinski definition) is 2. The second kappa shape index (κ2) is 16.0. The maximum absolute atomic E-state index is 8.88. The molecule has 7 heteroatoms. The average molecular weight is 342 g/mol. The van der Waals surface area contributed by atoms with Crippen LogP contribution < -0.4 is 4.74 Å². The Morgan fingerprint density at radius 3 is 1.86 bits per heavy atom. The quantitative estimate of drug-likeness (QED) is 0.364. The fraction of sp³-hybridized carbons (Fsp3) is 0.600. The Hall–Kier alpha value is 0.130. The molecule has 1 aromatic carbocycles. The van der Waals surface area contributed by atoms with Gasteiger partial charge in [-0.05, 0) is 18.6 Å². The minimum atomic E-state index is -4.64. The molecule has 0 radical (unpaired) electrons. The molecular weight excluding hydrogens is 314 g/mol. The molecule has 0 amide bonds. The second-order valence-electron chi connectivity index (χ2n) is 4.80. The summed E-state index contributed by atoms with van der Waals surface area (Å²) < 4.78 is 14.5. The second-order valence-corrected chi connectivity index (χ2v) is 5.82. The van der Waals surface area contributed by atoms with Gasteiger partial charge in [0, 0.05) is 0 Å². The van der Waals surface area contributed by atoms with Crippen LogP contribution in [0.5, 0.6) is 5.75 Å². The third kappa shape index (κ3) is 22.4. The van der Waals surface area contributed by atoms with Crippen LogP contribution in [-0.4, -0.2) is 50.8 Å². The normalized spacial score (nSPS) is 10.2. The molecule has 0 bridgehead atoms. The first-order chi connectivity index (χ1) is 9.93. The Kier molecular flexibility index (Phi) is 17.7. The van der Waals surface area contributed by atoms with E-state index in [1.165, 1.54) is 44.9 Å². The van der Waals surface area contributed by atoms with Gasteiger partial charge in [0.1, 0.15) is 5.75 Å². The van der Waals surface area contributed by atoms with Crippen LogP contribution in [0, 0.1) is 0 Å². The van der Waals surface area contributed by atoms with Crippen molar-refractivity contribution in [2.45, 2.75) is 51.9 Å². The van der Waals surface area contributed by atoms with Gasteiger partial charge < -0.3 is 19.4 Å². The van der Waals surface area contributed by atoms with E-state index in [4.69, 9.17) is 24.0 Å². The molecule has 1 aromatic rings. The topological polar surface area (TPSA) is 87.0 Å². The third-order valence-corrected chi connectivity index (χ3v) is 2.76. The van der Waals surface area contributed by atoms with E-state index in [0.29, 0.717) is 0 Å². The van der Waals surface area contributed by atoms with Crippen molar-refractivity contribution < 1.29 is 24.0 Å². The third-order valence-electron chi connectivity index (χ3n) is 2.76. The fourth-order valence-corrected chi connectivity index (χ4v) is 1.77. The molecule has 0 aromatic heterocycles. The first-order valence-electron chi connectivity index (χ1n) is 7.39. The molecule has 0 heterocycles. The molecular formula is C15H28NaO5P. The van der Waals surface area contributed by atoms with Crippen molar-refractivity contribution in [3.8, 4) is 5.75 Å². The summed E-state index contributed by atoms with van der Waals surface area (Å²) in [5.41, 5.74) is 0. The standard InChI is InChI=1S/C15H24O.Na.H3O4P.H/c1-2-3-4-5-6-7-11-14-16-15-12-9-8-10-13-15;;1-5(2,3)4;/h8-10,12-13H,2-7,11,14H2,1H3;;(H3,1,2,3,4);. The fourth-order valence-electron chi connectivity index (χ4n) is 1.77. The van der Waals surface area contributed by atoms with Crippen molar-refractivity contribution in [2.75, 3.05) is 6.61 Å². The van der Waals surface area contributed by atoms with E-state index in [2.05, 4.69) is 6.92 Å². The zero-order valence-corrected chi connectivity index (χ0v) is 13.5. The Morgan fingerprint density at radius 2 is 1.36 bits per heavy atom. The molecule has 0 unspecified atom stereocenters. The van der Waals surface area contributed by atoms with Crippen molar-refractivity contribution >= 4 is 37.4 Å². The van der Waals surface area contributed by atoms with Crippen LogP contribution in [0.3, 0.4) is 0 Å². The van der Waals surface area contributed by atoms with Crippen molar-refractivity contribution in [1.82, 2.24) is 0 Å². The summed E-state index contributed by atoms with van der Waals surface area (Å²) in [5.74, 6) is 0.994. The average Bonchev–Trinajstić information content (AvgIpc) is 2.41. The summed E-state index contributed by atoms with van der Waals surface area (Å²) in [6, 6.07) is 10.1. The molecule has 22 heavy (non-hydrogen) atoms. The van der Waals surface area contributed by atoms with Gasteiger partial charge in [0.2, 0.25) is 0 Å². The van der Waals surface area contributed by atoms with Gasteiger partial charge in [0.15, 0.2) is 0 Å². The van der Waals surface area contributed by atoms with Gasteiger partial charge in [-0.2, -0.15) is 0 Å². The Labute approximate surface area is 155 Å². The first-order valence-corrected chi connectivity index (χ1v) is 8.96. The number of benzene rings is 1. The van der Waals surface area contributed by atoms with Crippen LogP contribution in [0.4, 0.5) is 0 Å². The molecule has 0 fully saturated rings. The van der Waals surface area contributed by atoms with Crippen LogP contribution in [0.2, 0.25) is 0 Å². The Morgan fingerprint density at radius 1 is 0.909 bits per heavy atom. The molecule has 124 valence electrons. The summed E-state index contributed by atoms with van der Waals surface area (Å²) in [6.07, 6.45) is 9.35. The summed E-state index contributed by atoms with van der Waals surface area (Å²) in [7, 11) is -4.64. The first kappa shape index (κ1) is 24.4. The van der Waals surface area contributed by atoms with Gasteiger partial charge in [-0.15, -0.1) is 0 Å². The van der Waals surface area contributed by atoms with Gasteiger partial charge in [0.05, 0.1) is 6.61 Å². The van der Waals surface area contributed by atoms with Crippen LogP contribution >= 0.6 is 7.82 Å². The van der Waals surface area contributed by atoms with Gasteiger partial charge >= 0.3 is 37.4 Å². The monoisotopic (exact) mass is 342 g/mol. The summed E-state index contributed by atoms with van der Waals surface area (Å²) >= 11 is 0. The summed E-state index contributed by atoms with van der Waals surface area (Å²) in [4.78, 5) is 21.6. The van der Waals surface area contributed by atoms with E-state index in [-0.39, 0.29) is 29.6 Å². The zero-order chi connectivity index (χ0) is 16.0. The SMILES string of the molecule is CCCCCCCCCOc1ccccc1.O=P(O)(O)O.[NaH]. The number of para-hydroxylation sites is 1. The summed E-state index contributed by atoms with van der Waals surface area (Å²) in [6.45, 7) is 3.12. The Balaban J connectivity index is 0. The molecule has 1 rings (SSSR count). The van der Waals surface area contributed by atoms with Crippen molar-refractivity contribution in [3.05, 3.63) is 30.3 Å². The molecule has 3 N–H and O–H groups in total. The molecule has 5 nitrogen and oxygen atoms in total. The minimum absolute atomic E-state index is 0. The van der Waals surface area contributed by atoms with Crippen LogP contribution in [0.15, 0.2) is 30.3 Å². The molecule has 0 aliphatic heterocycles. The summed E-state index contributed by atoms with van der Waals surface area (Å²) in [5, 5.41) is 0. The molecule has 0 saturated carbocycles. The molecule has 0 spiro atoms. The van der Waals surface area contributed by atoms with Crippen molar-refractivity contribution in [3.63, 3.8) is 0 Å². The van der Waals surface area contributed by atoms with E-state index in [0.717, 1.165) is 12.4 Å². The van der Waals surface area contributed by atoms with Crippen LogP contribution in [-0.2, 0) is 4.57 Å². The van der Waals surface area contributed by atoms with E-state index in [1.807, 2.05) is 30.3 Å². The number of phosphoric acid groups is 1. The number of hydrogen-bond donors (Lipinski definition) is 3. The number of ether oxygens (including phenoxy) is 1. The molecule has 0 atom stereocenters. The Bertz CT molecular complexity index is 375. The van der Waals surface area contributed by atoms with Crippen LogP contribution in [0.1, 0.15) is 51.9 Å². The number of unbranched alkanes of at least 4 members (excludes halogenated alkanes) is 6. The van der Waals surface area contributed by atoms with Gasteiger partial charge in [-0.25, -0.2) is 4.57 Å². The van der Waals surface area contributed by atoms with Gasteiger partial charge in [-0.3, -0.25) is 0 Å². The van der Waals surface area contributed by atoms with E-state index < -0.39 is 7.82 Å². The van der Waals surface area contributed by atoms with Crippen molar-refractivity contribution in [2.24, 2.45) is 0 Å². The molecule has 0 saturated heterocycles. The predicted octanol–water partition coefficient (Wildman–Crippen LogP) is 3.24.